The SMILES string of the molecule is CCOc1cccc(NC(=S)NCCSCc2cccc(C)c2)c1. The Morgan fingerprint density at radius 1 is 1.17 bits per heavy atom. The largest absolute Gasteiger partial charge is 0.494 e. The molecule has 2 rings (SSSR count). The maximum atomic E-state index is 5.48. The highest BCUT2D eigenvalue weighted by Crippen LogP contribution is 2.17. The summed E-state index contributed by atoms with van der Waals surface area (Å²) in [6.45, 7) is 5.60. The molecule has 2 aromatic carbocycles. The number of thioether (sulfide) groups is 1. The molecule has 5 heteroatoms. The maximum Gasteiger partial charge on any atom is 0.170 e. The van der Waals surface area contributed by atoms with Crippen LogP contribution in [-0.4, -0.2) is 24.0 Å². The summed E-state index contributed by atoms with van der Waals surface area (Å²) in [5, 5.41) is 7.07. The molecule has 0 aliphatic rings. The Bertz CT molecular complexity index is 661. The summed E-state index contributed by atoms with van der Waals surface area (Å²) >= 11 is 7.23. The van der Waals surface area contributed by atoms with Gasteiger partial charge in [0.05, 0.1) is 6.61 Å². The molecule has 0 atom stereocenters. The smallest absolute Gasteiger partial charge is 0.170 e. The van der Waals surface area contributed by atoms with E-state index in [9.17, 15) is 0 Å². The Morgan fingerprint density at radius 2 is 2.00 bits per heavy atom. The van der Waals surface area contributed by atoms with Gasteiger partial charge in [-0.15, -0.1) is 0 Å². The molecule has 0 bridgehead atoms. The normalized spacial score (nSPS) is 10.2. The van der Waals surface area contributed by atoms with E-state index in [0.29, 0.717) is 11.7 Å². The fourth-order valence-corrected chi connectivity index (χ4v) is 3.26. The van der Waals surface area contributed by atoms with Crippen molar-refractivity contribution in [1.82, 2.24) is 5.32 Å². The lowest BCUT2D eigenvalue weighted by atomic mass is 10.2. The van der Waals surface area contributed by atoms with Gasteiger partial charge in [0.1, 0.15) is 5.75 Å². The molecule has 3 nitrogen and oxygen atoms in total. The van der Waals surface area contributed by atoms with Crippen LogP contribution in [0.25, 0.3) is 0 Å². The highest BCUT2D eigenvalue weighted by Gasteiger charge is 2.00. The number of hydrogen-bond acceptors (Lipinski definition) is 3. The molecule has 128 valence electrons. The second-order valence-electron chi connectivity index (χ2n) is 5.38. The fraction of sp³-hybridized carbons (Fsp3) is 0.316. The van der Waals surface area contributed by atoms with E-state index < -0.39 is 0 Å². The number of ether oxygens (including phenoxy) is 1. The third-order valence-corrected chi connectivity index (χ3v) is 4.56. The van der Waals surface area contributed by atoms with Crippen molar-refractivity contribution >= 4 is 34.8 Å². The number of rotatable bonds is 8. The Hall–Kier alpha value is -1.72. The van der Waals surface area contributed by atoms with Crippen molar-refractivity contribution in [3.8, 4) is 5.75 Å². The van der Waals surface area contributed by atoms with E-state index >= 15 is 0 Å². The molecule has 0 spiro atoms. The van der Waals surface area contributed by atoms with E-state index in [1.165, 1.54) is 11.1 Å². The Morgan fingerprint density at radius 3 is 2.79 bits per heavy atom. The van der Waals surface area contributed by atoms with E-state index in [1.54, 1.807) is 0 Å². The molecule has 0 aliphatic heterocycles. The predicted octanol–water partition coefficient (Wildman–Crippen LogP) is 4.61. The predicted molar refractivity (Wildman–Crippen MR) is 109 cm³/mol. The number of anilines is 1. The molecule has 24 heavy (non-hydrogen) atoms. The van der Waals surface area contributed by atoms with Crippen molar-refractivity contribution in [3.63, 3.8) is 0 Å². The second-order valence-corrected chi connectivity index (χ2v) is 6.90. The van der Waals surface area contributed by atoms with Crippen molar-refractivity contribution in [2.45, 2.75) is 19.6 Å². The number of nitrogens with one attached hydrogen (secondary N) is 2. The lowest BCUT2D eigenvalue weighted by molar-refractivity contribution is 0.340. The first kappa shape index (κ1) is 18.6. The first-order valence-electron chi connectivity index (χ1n) is 8.08. The zero-order valence-corrected chi connectivity index (χ0v) is 15.8. The van der Waals surface area contributed by atoms with E-state index in [1.807, 2.05) is 43.0 Å². The minimum absolute atomic E-state index is 0.639. The van der Waals surface area contributed by atoms with Gasteiger partial charge in [-0.2, -0.15) is 11.8 Å². The van der Waals surface area contributed by atoms with Crippen molar-refractivity contribution in [3.05, 3.63) is 59.7 Å². The number of thiocarbonyl (C=S) groups is 1. The molecule has 0 fully saturated rings. The fourth-order valence-electron chi connectivity index (χ4n) is 2.23. The van der Waals surface area contributed by atoms with Gasteiger partial charge in [0, 0.05) is 29.8 Å². The summed E-state index contributed by atoms with van der Waals surface area (Å²) in [4.78, 5) is 0. The van der Waals surface area contributed by atoms with Crippen molar-refractivity contribution in [2.75, 3.05) is 24.2 Å². The van der Waals surface area contributed by atoms with Gasteiger partial charge in [0.15, 0.2) is 5.11 Å². The minimum atomic E-state index is 0.639. The van der Waals surface area contributed by atoms with Crippen molar-refractivity contribution < 1.29 is 4.74 Å². The quantitative estimate of drug-likeness (QED) is 0.530. The van der Waals surface area contributed by atoms with Crippen LogP contribution in [-0.2, 0) is 5.75 Å². The summed E-state index contributed by atoms with van der Waals surface area (Å²) in [6, 6.07) is 16.5. The molecule has 0 saturated carbocycles. The van der Waals surface area contributed by atoms with Crippen LogP contribution >= 0.6 is 24.0 Å². The van der Waals surface area contributed by atoms with Gasteiger partial charge in [-0.05, 0) is 43.8 Å². The van der Waals surface area contributed by atoms with Crippen LogP contribution in [0.4, 0.5) is 5.69 Å². The van der Waals surface area contributed by atoms with Crippen molar-refractivity contribution in [2.24, 2.45) is 0 Å². The molecule has 0 saturated heterocycles. The average Bonchev–Trinajstić information content (AvgIpc) is 2.55. The lowest BCUT2D eigenvalue weighted by Crippen LogP contribution is -2.30. The van der Waals surface area contributed by atoms with Crippen LogP contribution in [0, 0.1) is 6.92 Å². The van der Waals surface area contributed by atoms with E-state index in [2.05, 4.69) is 41.8 Å². The van der Waals surface area contributed by atoms with E-state index in [0.717, 1.165) is 29.5 Å². The molecule has 0 radical (unpaired) electrons. The molecule has 0 unspecified atom stereocenters. The summed E-state index contributed by atoms with van der Waals surface area (Å²) in [7, 11) is 0. The molecule has 0 amide bonds. The molecule has 0 heterocycles. The minimum Gasteiger partial charge on any atom is -0.494 e. The molecule has 2 aromatic rings. The average molecular weight is 361 g/mol. The van der Waals surface area contributed by atoms with Crippen LogP contribution < -0.4 is 15.4 Å². The van der Waals surface area contributed by atoms with E-state index in [4.69, 9.17) is 17.0 Å². The standard InChI is InChI=1S/C19H24N2OS2/c1-3-22-18-9-5-8-17(13-18)21-19(23)20-10-11-24-14-16-7-4-6-15(2)12-16/h4-9,12-13H,3,10-11,14H2,1-2H3,(H2,20,21,23). The summed E-state index contributed by atoms with van der Waals surface area (Å²) in [5.41, 5.74) is 3.62. The second kappa shape index (κ2) is 10.2. The van der Waals surface area contributed by atoms with Gasteiger partial charge in [0.2, 0.25) is 0 Å². The Labute approximate surface area is 154 Å². The van der Waals surface area contributed by atoms with Gasteiger partial charge >= 0.3 is 0 Å². The first-order valence-corrected chi connectivity index (χ1v) is 9.64. The van der Waals surface area contributed by atoms with Gasteiger partial charge in [-0.1, -0.05) is 35.9 Å². The van der Waals surface area contributed by atoms with E-state index in [-0.39, 0.29) is 0 Å². The highest BCUT2D eigenvalue weighted by molar-refractivity contribution is 7.98. The lowest BCUT2D eigenvalue weighted by Gasteiger charge is -2.11. The summed E-state index contributed by atoms with van der Waals surface area (Å²) in [5.74, 6) is 2.88. The number of aryl methyl sites for hydroxylation is 1. The zero-order valence-electron chi connectivity index (χ0n) is 14.2. The third kappa shape index (κ3) is 6.81. The Balaban J connectivity index is 1.65. The molecule has 2 N–H and O–H groups in total. The van der Waals surface area contributed by atoms with Gasteiger partial charge in [-0.25, -0.2) is 0 Å². The van der Waals surface area contributed by atoms with Crippen LogP contribution in [0.5, 0.6) is 5.75 Å². The highest BCUT2D eigenvalue weighted by atomic mass is 32.2. The summed E-state index contributed by atoms with van der Waals surface area (Å²) in [6.07, 6.45) is 0. The van der Waals surface area contributed by atoms with Gasteiger partial charge < -0.3 is 15.4 Å². The first-order chi connectivity index (χ1) is 11.7. The maximum absolute atomic E-state index is 5.48. The van der Waals surface area contributed by atoms with Crippen LogP contribution in [0.15, 0.2) is 48.5 Å². The van der Waals surface area contributed by atoms with Gasteiger partial charge in [0.25, 0.3) is 0 Å². The van der Waals surface area contributed by atoms with Crippen molar-refractivity contribution in [1.29, 1.82) is 0 Å². The van der Waals surface area contributed by atoms with Crippen LogP contribution in [0.3, 0.4) is 0 Å². The third-order valence-electron chi connectivity index (χ3n) is 3.29. The topological polar surface area (TPSA) is 33.3 Å². The Kier molecular flexibility index (Phi) is 7.92. The molecule has 0 aliphatic carbocycles. The van der Waals surface area contributed by atoms with Crippen LogP contribution in [0.2, 0.25) is 0 Å². The zero-order chi connectivity index (χ0) is 17.2. The molecular weight excluding hydrogens is 336 g/mol. The molecule has 0 aromatic heterocycles. The monoisotopic (exact) mass is 360 g/mol. The summed E-state index contributed by atoms with van der Waals surface area (Å²) < 4.78 is 5.48. The number of benzene rings is 2. The molecular formula is C19H24N2OS2. The van der Waals surface area contributed by atoms with Gasteiger partial charge in [-0.3, -0.25) is 0 Å². The van der Waals surface area contributed by atoms with Crippen LogP contribution in [0.1, 0.15) is 18.1 Å². The number of hydrogen-bond donors (Lipinski definition) is 2.